The number of thioether (sulfide) groups is 1. The minimum atomic E-state index is -0.515. The number of carbonyl (C=O) groups is 3. The molecule has 0 aliphatic heterocycles. The van der Waals surface area contributed by atoms with Gasteiger partial charge in [-0.25, -0.2) is 0 Å². The molecule has 39 heavy (non-hydrogen) atoms. The number of halogens is 2. The zero-order valence-electron chi connectivity index (χ0n) is 20.4. The van der Waals surface area contributed by atoms with Gasteiger partial charge >= 0.3 is 0 Å². The minimum absolute atomic E-state index is 0.0488. The van der Waals surface area contributed by atoms with Crippen LogP contribution in [0.25, 0.3) is 6.08 Å². The molecule has 0 unspecified atom stereocenters. The van der Waals surface area contributed by atoms with Crippen LogP contribution in [0.5, 0.6) is 0 Å². The van der Waals surface area contributed by atoms with Crippen molar-refractivity contribution in [3.8, 4) is 0 Å². The summed E-state index contributed by atoms with van der Waals surface area (Å²) in [4.78, 5) is 43.2. The number of hydrogen-bond acceptors (Lipinski definition) is 5. The highest BCUT2D eigenvalue weighted by molar-refractivity contribution is 8.00. The summed E-state index contributed by atoms with van der Waals surface area (Å²) in [7, 11) is 0. The van der Waals surface area contributed by atoms with Crippen LogP contribution >= 0.6 is 35.0 Å². The van der Waals surface area contributed by atoms with Crippen molar-refractivity contribution in [1.82, 2.24) is 10.3 Å². The third-order valence-electron chi connectivity index (χ3n) is 5.19. The normalized spacial score (nSPS) is 11.0. The van der Waals surface area contributed by atoms with Crippen LogP contribution in [0.3, 0.4) is 0 Å². The third-order valence-corrected chi connectivity index (χ3v) is 6.75. The molecular formula is C29H22Cl2N4O3S. The molecule has 4 rings (SSSR count). The Bertz CT molecular complexity index is 1520. The fourth-order valence-corrected chi connectivity index (χ4v) is 4.45. The van der Waals surface area contributed by atoms with Crippen molar-refractivity contribution in [2.45, 2.75) is 4.90 Å². The number of aromatic nitrogens is 1. The maximum absolute atomic E-state index is 13.2. The molecule has 0 spiro atoms. The van der Waals surface area contributed by atoms with E-state index in [-0.39, 0.29) is 17.4 Å². The number of anilines is 2. The Morgan fingerprint density at radius 1 is 0.872 bits per heavy atom. The van der Waals surface area contributed by atoms with Crippen molar-refractivity contribution < 1.29 is 14.4 Å². The molecule has 3 aromatic carbocycles. The number of hydrogen-bond donors (Lipinski definition) is 3. The number of amides is 3. The summed E-state index contributed by atoms with van der Waals surface area (Å²) in [5.41, 5.74) is 2.03. The molecule has 0 aliphatic rings. The van der Waals surface area contributed by atoms with Crippen LogP contribution in [0, 0.1) is 0 Å². The molecule has 3 amide bonds. The second-order valence-electron chi connectivity index (χ2n) is 8.11. The molecule has 3 N–H and O–H groups in total. The van der Waals surface area contributed by atoms with Crippen molar-refractivity contribution in [2.75, 3.05) is 16.4 Å². The number of carbonyl (C=O) groups excluding carboxylic acids is 3. The Kier molecular flexibility index (Phi) is 9.74. The standard InChI is InChI=1S/C29H22Cl2N4O3S/c30-21-11-12-24(31)25(15-21)34-27(36)18-39-23-10-4-9-22(16-23)33-29(38)26(14-19-6-5-13-32-17-19)35-28(37)20-7-2-1-3-8-20/h1-17H,18H2,(H,33,38)(H,34,36)(H,35,37)/b26-14-. The Balaban J connectivity index is 1.43. The zero-order chi connectivity index (χ0) is 27.6. The second-order valence-corrected chi connectivity index (χ2v) is 10.00. The van der Waals surface area contributed by atoms with E-state index in [0.717, 1.165) is 4.90 Å². The van der Waals surface area contributed by atoms with Crippen LogP contribution < -0.4 is 16.0 Å². The predicted molar refractivity (Wildman–Crippen MR) is 157 cm³/mol. The van der Waals surface area contributed by atoms with Crippen LogP contribution in [0.4, 0.5) is 11.4 Å². The third kappa shape index (κ3) is 8.44. The van der Waals surface area contributed by atoms with E-state index in [1.165, 1.54) is 11.8 Å². The van der Waals surface area contributed by atoms with Crippen LogP contribution in [-0.4, -0.2) is 28.5 Å². The van der Waals surface area contributed by atoms with E-state index >= 15 is 0 Å². The molecule has 1 aromatic heterocycles. The highest BCUT2D eigenvalue weighted by Gasteiger charge is 2.16. The van der Waals surface area contributed by atoms with Gasteiger partial charge in [-0.15, -0.1) is 11.8 Å². The van der Waals surface area contributed by atoms with Crippen LogP contribution in [-0.2, 0) is 9.59 Å². The van der Waals surface area contributed by atoms with E-state index in [0.29, 0.717) is 32.5 Å². The van der Waals surface area contributed by atoms with Gasteiger partial charge in [0.05, 0.1) is 16.5 Å². The van der Waals surface area contributed by atoms with E-state index in [4.69, 9.17) is 23.2 Å². The van der Waals surface area contributed by atoms with Gasteiger partial charge in [-0.2, -0.15) is 0 Å². The van der Waals surface area contributed by atoms with Crippen molar-refractivity contribution in [3.63, 3.8) is 0 Å². The molecule has 0 atom stereocenters. The molecule has 10 heteroatoms. The number of rotatable bonds is 9. The summed E-state index contributed by atoms with van der Waals surface area (Å²) >= 11 is 13.4. The lowest BCUT2D eigenvalue weighted by Gasteiger charge is -2.12. The number of nitrogens with one attached hydrogen (secondary N) is 3. The molecule has 0 saturated heterocycles. The molecule has 0 radical (unpaired) electrons. The number of pyridine rings is 1. The Morgan fingerprint density at radius 3 is 2.46 bits per heavy atom. The highest BCUT2D eigenvalue weighted by atomic mass is 35.5. The van der Waals surface area contributed by atoms with Crippen LogP contribution in [0.2, 0.25) is 10.0 Å². The van der Waals surface area contributed by atoms with Gasteiger partial charge < -0.3 is 16.0 Å². The predicted octanol–water partition coefficient (Wildman–Crippen LogP) is 6.53. The zero-order valence-corrected chi connectivity index (χ0v) is 22.7. The van der Waals surface area contributed by atoms with E-state index < -0.39 is 11.8 Å². The largest absolute Gasteiger partial charge is 0.324 e. The maximum atomic E-state index is 13.2. The molecule has 0 bridgehead atoms. The van der Waals surface area contributed by atoms with Gasteiger partial charge in [-0.1, -0.05) is 53.5 Å². The fourth-order valence-electron chi connectivity index (χ4n) is 3.36. The first-order chi connectivity index (χ1) is 18.9. The smallest absolute Gasteiger partial charge is 0.272 e. The average molecular weight is 577 g/mol. The quantitative estimate of drug-likeness (QED) is 0.155. The van der Waals surface area contributed by atoms with Crippen molar-refractivity contribution in [1.29, 1.82) is 0 Å². The molecule has 1 heterocycles. The van der Waals surface area contributed by atoms with Gasteiger partial charge in [-0.05, 0) is 66.2 Å². The summed E-state index contributed by atoms with van der Waals surface area (Å²) < 4.78 is 0. The average Bonchev–Trinajstić information content (AvgIpc) is 2.95. The van der Waals surface area contributed by atoms with Gasteiger partial charge in [0.1, 0.15) is 5.70 Å². The van der Waals surface area contributed by atoms with E-state index in [2.05, 4.69) is 20.9 Å². The molecule has 7 nitrogen and oxygen atoms in total. The summed E-state index contributed by atoms with van der Waals surface area (Å²) in [6.45, 7) is 0. The molecule has 196 valence electrons. The van der Waals surface area contributed by atoms with Gasteiger partial charge in [0.2, 0.25) is 5.91 Å². The van der Waals surface area contributed by atoms with E-state index in [9.17, 15) is 14.4 Å². The Labute approximate surface area is 239 Å². The van der Waals surface area contributed by atoms with Crippen LogP contribution in [0.15, 0.2) is 108 Å². The Hall–Kier alpha value is -4.11. The molecule has 0 aliphatic carbocycles. The lowest BCUT2D eigenvalue weighted by atomic mass is 10.2. The van der Waals surface area contributed by atoms with Gasteiger partial charge in [0.15, 0.2) is 0 Å². The Morgan fingerprint density at radius 2 is 1.69 bits per heavy atom. The summed E-state index contributed by atoms with van der Waals surface area (Å²) in [6.07, 6.45) is 4.75. The molecular weight excluding hydrogens is 555 g/mol. The van der Waals surface area contributed by atoms with Gasteiger partial charge in [0, 0.05) is 33.6 Å². The highest BCUT2D eigenvalue weighted by Crippen LogP contribution is 2.27. The first kappa shape index (κ1) is 27.9. The van der Waals surface area contributed by atoms with Crippen molar-refractivity contribution in [2.24, 2.45) is 0 Å². The van der Waals surface area contributed by atoms with Crippen molar-refractivity contribution in [3.05, 3.63) is 124 Å². The second kappa shape index (κ2) is 13.6. The maximum Gasteiger partial charge on any atom is 0.272 e. The SMILES string of the molecule is O=C(CSc1cccc(NC(=O)/C(=C/c2cccnc2)NC(=O)c2ccccc2)c1)Nc1cc(Cl)ccc1Cl. The molecule has 4 aromatic rings. The fraction of sp³-hybridized carbons (Fsp3) is 0.0345. The number of nitrogens with zero attached hydrogens (tertiary/aromatic N) is 1. The van der Waals surface area contributed by atoms with E-state index in [1.54, 1.807) is 97.3 Å². The topological polar surface area (TPSA) is 100 Å². The van der Waals surface area contributed by atoms with E-state index in [1.807, 2.05) is 6.07 Å². The first-order valence-corrected chi connectivity index (χ1v) is 13.4. The summed E-state index contributed by atoms with van der Waals surface area (Å²) in [5, 5.41) is 9.09. The lowest BCUT2D eigenvalue weighted by molar-refractivity contribution is -0.114. The van der Waals surface area contributed by atoms with Gasteiger partial charge in [0.25, 0.3) is 11.8 Å². The van der Waals surface area contributed by atoms with Crippen molar-refractivity contribution >= 4 is 70.1 Å². The molecule has 0 saturated carbocycles. The first-order valence-electron chi connectivity index (χ1n) is 11.6. The van der Waals surface area contributed by atoms with Crippen LogP contribution in [0.1, 0.15) is 15.9 Å². The molecule has 0 fully saturated rings. The monoisotopic (exact) mass is 576 g/mol. The lowest BCUT2D eigenvalue weighted by Crippen LogP contribution is -2.30. The van der Waals surface area contributed by atoms with Gasteiger partial charge in [-0.3, -0.25) is 19.4 Å². The summed E-state index contributed by atoms with van der Waals surface area (Å²) in [6, 6.07) is 24.0. The number of benzene rings is 3. The summed E-state index contributed by atoms with van der Waals surface area (Å²) in [5.74, 6) is -1.09. The minimum Gasteiger partial charge on any atom is -0.324 e.